The van der Waals surface area contributed by atoms with Gasteiger partial charge in [0.2, 0.25) is 5.76 Å². The summed E-state index contributed by atoms with van der Waals surface area (Å²) in [5.41, 5.74) is -0.157. The number of anilines is 1. The van der Waals surface area contributed by atoms with E-state index in [0.717, 1.165) is 0 Å². The highest BCUT2D eigenvalue weighted by Crippen LogP contribution is 2.50. The quantitative estimate of drug-likeness (QED) is 0.296. The molecule has 3 heterocycles. The monoisotopic (exact) mass is 548 g/mol. The van der Waals surface area contributed by atoms with Crippen molar-refractivity contribution in [2.24, 2.45) is 0 Å². The van der Waals surface area contributed by atoms with Gasteiger partial charge in [-0.2, -0.15) is 0 Å². The van der Waals surface area contributed by atoms with Gasteiger partial charge in [0.15, 0.2) is 19.8 Å². The van der Waals surface area contributed by atoms with Gasteiger partial charge in [-0.25, -0.2) is 14.8 Å². The summed E-state index contributed by atoms with van der Waals surface area (Å²) in [5.74, 6) is 4.75. The molecule has 13 heteroatoms. The second-order valence-corrected chi connectivity index (χ2v) is 10.4. The zero-order valence-corrected chi connectivity index (χ0v) is 20.9. The predicted octanol–water partition coefficient (Wildman–Crippen LogP) is 5.87. The summed E-state index contributed by atoms with van der Waals surface area (Å²) in [4.78, 5) is 34.0. The van der Waals surface area contributed by atoms with Crippen molar-refractivity contribution in [3.8, 4) is 11.8 Å². The number of aromatic nitrogens is 3. The number of nitrogens with one attached hydrogen (secondary N) is 1. The van der Waals surface area contributed by atoms with Gasteiger partial charge in [-0.15, -0.1) is 0 Å². The van der Waals surface area contributed by atoms with Crippen molar-refractivity contribution in [3.05, 3.63) is 55.8 Å². The molecule has 178 valence electrons. The van der Waals surface area contributed by atoms with Gasteiger partial charge in [0.1, 0.15) is 22.2 Å². The molecule has 1 aliphatic rings. The van der Waals surface area contributed by atoms with E-state index in [1.165, 1.54) is 22.7 Å². The zero-order valence-electron chi connectivity index (χ0n) is 17.8. The lowest BCUT2D eigenvalue weighted by molar-refractivity contribution is -0.140. The van der Waals surface area contributed by atoms with Gasteiger partial charge < -0.3 is 14.4 Å². The van der Waals surface area contributed by atoms with E-state index in [-0.39, 0.29) is 16.6 Å². The maximum absolute atomic E-state index is 12.4. The van der Waals surface area contributed by atoms with E-state index in [2.05, 4.69) is 32.3 Å². The molecule has 1 aromatic carbocycles. The van der Waals surface area contributed by atoms with E-state index >= 15 is 0 Å². The Balaban J connectivity index is 1.30. The normalized spacial score (nSPS) is 14.7. The van der Waals surface area contributed by atoms with Crippen molar-refractivity contribution in [1.82, 2.24) is 15.1 Å². The molecule has 5 rings (SSSR count). The van der Waals surface area contributed by atoms with Crippen LogP contribution >= 0.6 is 45.9 Å². The average molecular weight is 549 g/mol. The number of carboxylic acid groups (broad SMARTS) is 1. The summed E-state index contributed by atoms with van der Waals surface area (Å²) in [7, 11) is 0. The van der Waals surface area contributed by atoms with Gasteiger partial charge >= 0.3 is 12.1 Å². The number of carbonyl (C=O) groups excluding carboxylic acids is 1. The van der Waals surface area contributed by atoms with Crippen LogP contribution in [0.15, 0.2) is 28.8 Å². The number of fused-ring (bicyclic) bond motifs is 1. The predicted molar refractivity (Wildman–Crippen MR) is 131 cm³/mol. The Kier molecular flexibility index (Phi) is 6.14. The first-order valence-corrected chi connectivity index (χ1v) is 12.6. The Morgan fingerprint density at radius 1 is 1.20 bits per heavy atom. The highest BCUT2D eigenvalue weighted by Gasteiger charge is 2.54. The Bertz CT molecular complexity index is 1500. The Hall–Kier alpha value is -3.17. The molecule has 2 N–H and O–H groups in total. The molecule has 0 aliphatic heterocycles. The van der Waals surface area contributed by atoms with Gasteiger partial charge in [-0.3, -0.25) is 10.1 Å². The van der Waals surface area contributed by atoms with Gasteiger partial charge in [0.05, 0.1) is 0 Å². The summed E-state index contributed by atoms with van der Waals surface area (Å²) in [6, 6.07) is 7.03. The van der Waals surface area contributed by atoms with E-state index in [0.29, 0.717) is 43.1 Å². The molecule has 1 unspecified atom stereocenters. The lowest BCUT2D eigenvalue weighted by Crippen LogP contribution is -2.18. The fourth-order valence-electron chi connectivity index (χ4n) is 3.28. The van der Waals surface area contributed by atoms with Crippen molar-refractivity contribution in [3.63, 3.8) is 0 Å². The number of halogens is 2. The number of ether oxygens (including phenoxy) is 1. The molecule has 4 aromatic rings. The van der Waals surface area contributed by atoms with Crippen molar-refractivity contribution in [2.75, 3.05) is 5.32 Å². The summed E-state index contributed by atoms with van der Waals surface area (Å²) in [6.45, 7) is 1.69. The molecule has 9 nitrogen and oxygen atoms in total. The number of carboxylic acids is 1. The van der Waals surface area contributed by atoms with E-state index in [1.54, 1.807) is 31.2 Å². The Morgan fingerprint density at radius 3 is 2.63 bits per heavy atom. The third-order valence-electron chi connectivity index (χ3n) is 5.33. The van der Waals surface area contributed by atoms with Crippen molar-refractivity contribution in [1.29, 1.82) is 0 Å². The molecule has 0 saturated heterocycles. The van der Waals surface area contributed by atoms with Crippen LogP contribution in [0.3, 0.4) is 0 Å². The molecule has 3 aromatic heterocycles. The van der Waals surface area contributed by atoms with Gasteiger partial charge in [-0.1, -0.05) is 69.2 Å². The van der Waals surface area contributed by atoms with Crippen LogP contribution in [0.25, 0.3) is 9.66 Å². The fraction of sp³-hybridized carbons (Fsp3) is 0.227. The first kappa shape index (κ1) is 23.6. The number of aliphatic carboxylic acids is 1. The Labute approximate surface area is 216 Å². The van der Waals surface area contributed by atoms with Crippen LogP contribution in [0.2, 0.25) is 10.2 Å². The van der Waals surface area contributed by atoms with Crippen LogP contribution in [0.5, 0.6) is 0 Å². The number of hydrogen-bond donors (Lipinski definition) is 2. The minimum Gasteiger partial charge on any atom is -0.481 e. The SMILES string of the molecule is CC(OC(=O)Nc1c(Cl)noc1C#Cc1nc2sc(C3(C(=O)O)CC3)nc2s1)c1ccccc1Cl. The maximum Gasteiger partial charge on any atom is 0.412 e. The zero-order chi connectivity index (χ0) is 24.7. The molecule has 0 radical (unpaired) electrons. The van der Waals surface area contributed by atoms with Gasteiger partial charge in [-0.05, 0) is 37.7 Å². The van der Waals surface area contributed by atoms with Crippen molar-refractivity contribution >= 4 is 73.3 Å². The lowest BCUT2D eigenvalue weighted by Gasteiger charge is -2.15. The average Bonchev–Trinajstić information content (AvgIpc) is 3.25. The number of carbonyl (C=O) groups is 2. The van der Waals surface area contributed by atoms with Gasteiger partial charge in [0, 0.05) is 10.6 Å². The molecule has 0 bridgehead atoms. The number of amides is 1. The molecular formula is C22H14Cl2N4O5S2. The smallest absolute Gasteiger partial charge is 0.412 e. The maximum atomic E-state index is 12.4. The first-order chi connectivity index (χ1) is 16.8. The number of rotatable bonds is 5. The lowest BCUT2D eigenvalue weighted by atomic mass is 10.1. The number of benzene rings is 1. The summed E-state index contributed by atoms with van der Waals surface area (Å²) in [5, 5.41) is 17.0. The van der Waals surface area contributed by atoms with Crippen LogP contribution in [0.4, 0.5) is 10.5 Å². The third-order valence-corrected chi connectivity index (χ3v) is 8.08. The topological polar surface area (TPSA) is 127 Å². The standard InChI is InChI=1S/C22H14Cl2N4O5S2/c1-10(11-4-2-3-5-12(11)23)32-21(31)26-15-13(33-28-16(15)24)6-7-14-25-17-18(34-14)27-19(35-17)22(8-9-22)20(29)30/h2-5,10H,8-9H2,1H3,(H,26,31)(H,29,30). The number of hydrogen-bond acceptors (Lipinski definition) is 9. The molecular weight excluding hydrogens is 535 g/mol. The molecule has 1 aliphatic carbocycles. The molecule has 1 amide bonds. The van der Waals surface area contributed by atoms with Crippen molar-refractivity contribution < 1.29 is 24.0 Å². The second-order valence-electron chi connectivity index (χ2n) is 7.66. The third kappa shape index (κ3) is 4.58. The summed E-state index contributed by atoms with van der Waals surface area (Å²) in [6.07, 6.45) is -0.243. The van der Waals surface area contributed by atoms with Crippen LogP contribution in [0.1, 0.15) is 47.2 Å². The molecule has 35 heavy (non-hydrogen) atoms. The largest absolute Gasteiger partial charge is 0.481 e. The number of thiazole rings is 2. The van der Waals surface area contributed by atoms with E-state index in [9.17, 15) is 14.7 Å². The van der Waals surface area contributed by atoms with E-state index in [1.807, 2.05) is 0 Å². The fourth-order valence-corrected chi connectivity index (χ4v) is 5.87. The minimum absolute atomic E-state index is 0.0207. The number of nitrogens with zero attached hydrogens (tertiary/aromatic N) is 3. The van der Waals surface area contributed by atoms with Gasteiger partial charge in [0.25, 0.3) is 0 Å². The van der Waals surface area contributed by atoms with E-state index in [4.69, 9.17) is 32.5 Å². The summed E-state index contributed by atoms with van der Waals surface area (Å²) < 4.78 is 10.5. The van der Waals surface area contributed by atoms with Crippen LogP contribution in [0, 0.1) is 11.8 Å². The first-order valence-electron chi connectivity index (χ1n) is 10.2. The second kappa shape index (κ2) is 9.13. The highest BCUT2D eigenvalue weighted by molar-refractivity contribution is 7.26. The minimum atomic E-state index is -0.869. The Morgan fingerprint density at radius 2 is 1.94 bits per heavy atom. The molecule has 1 fully saturated rings. The van der Waals surface area contributed by atoms with Crippen LogP contribution < -0.4 is 5.32 Å². The molecule has 1 atom stereocenters. The molecule has 1 saturated carbocycles. The molecule has 0 spiro atoms. The van der Waals surface area contributed by atoms with Crippen LogP contribution in [-0.2, 0) is 14.9 Å². The van der Waals surface area contributed by atoms with Crippen molar-refractivity contribution in [2.45, 2.75) is 31.3 Å². The summed E-state index contributed by atoms with van der Waals surface area (Å²) >= 11 is 14.7. The highest BCUT2D eigenvalue weighted by atomic mass is 35.5. The van der Waals surface area contributed by atoms with Crippen LogP contribution in [-0.4, -0.2) is 32.3 Å². The van der Waals surface area contributed by atoms with E-state index < -0.39 is 23.6 Å².